The largest absolute Gasteiger partial charge is 0.508 e. The van der Waals surface area contributed by atoms with Crippen LogP contribution in [0.1, 0.15) is 28.7 Å². The molecule has 1 amide bonds. The number of aromatic hydroxyl groups is 2. The van der Waals surface area contributed by atoms with Crippen LogP contribution in [-0.4, -0.2) is 23.2 Å². The Morgan fingerprint density at radius 3 is 2.57 bits per heavy atom. The third-order valence-corrected chi connectivity index (χ3v) is 5.05. The lowest BCUT2D eigenvalue weighted by molar-refractivity contribution is -0.119. The summed E-state index contributed by atoms with van der Waals surface area (Å²) in [5.41, 5.74) is 4.17. The van der Waals surface area contributed by atoms with Gasteiger partial charge in [-0.3, -0.25) is 4.79 Å². The van der Waals surface area contributed by atoms with Crippen molar-refractivity contribution >= 4 is 11.6 Å². The lowest BCUT2D eigenvalue weighted by Gasteiger charge is -2.31. The molecule has 3 rings (SSSR count). The maximum atomic E-state index is 12.7. The van der Waals surface area contributed by atoms with Crippen molar-refractivity contribution in [2.24, 2.45) is 0 Å². The maximum Gasteiger partial charge on any atom is 0.227 e. The van der Waals surface area contributed by atoms with Crippen LogP contribution in [0.3, 0.4) is 0 Å². The second-order valence-corrected chi connectivity index (χ2v) is 6.83. The zero-order valence-electron chi connectivity index (χ0n) is 16.1. The summed E-state index contributed by atoms with van der Waals surface area (Å²) in [6, 6.07) is 7.03. The number of hydrogen-bond acceptors (Lipinski definition) is 4. The Bertz CT molecular complexity index is 933. The van der Waals surface area contributed by atoms with Crippen molar-refractivity contribution in [1.29, 1.82) is 0 Å². The minimum absolute atomic E-state index is 0.0278. The summed E-state index contributed by atoms with van der Waals surface area (Å²) in [5.74, 6) is 0.722. The highest BCUT2D eigenvalue weighted by atomic mass is 16.5. The van der Waals surface area contributed by atoms with E-state index in [0.717, 1.165) is 22.4 Å². The molecule has 2 aromatic rings. The van der Waals surface area contributed by atoms with Gasteiger partial charge in [-0.1, -0.05) is 12.2 Å². The molecule has 0 aliphatic carbocycles. The highest BCUT2D eigenvalue weighted by Gasteiger charge is 2.27. The van der Waals surface area contributed by atoms with Gasteiger partial charge in [0.15, 0.2) is 11.5 Å². The highest BCUT2D eigenvalue weighted by molar-refractivity contribution is 5.97. The van der Waals surface area contributed by atoms with Gasteiger partial charge in [0.25, 0.3) is 0 Å². The molecular formula is C23H25NO4. The van der Waals surface area contributed by atoms with E-state index in [0.29, 0.717) is 43.5 Å². The van der Waals surface area contributed by atoms with Crippen LogP contribution in [-0.2, 0) is 30.6 Å². The molecular weight excluding hydrogens is 354 g/mol. The Hall–Kier alpha value is -3.21. The molecule has 0 fully saturated rings. The summed E-state index contributed by atoms with van der Waals surface area (Å²) >= 11 is 0. The van der Waals surface area contributed by atoms with E-state index in [9.17, 15) is 15.0 Å². The zero-order valence-corrected chi connectivity index (χ0v) is 16.1. The minimum atomic E-state index is 0.0278. The molecule has 0 aromatic heterocycles. The summed E-state index contributed by atoms with van der Waals surface area (Å²) in [6.07, 6.45) is 5.50. The smallest absolute Gasteiger partial charge is 0.227 e. The summed E-state index contributed by atoms with van der Waals surface area (Å²) in [5, 5.41) is 20.5. The number of fused-ring (bicyclic) bond motifs is 1. The number of anilines is 1. The molecule has 0 saturated carbocycles. The molecule has 0 spiro atoms. The van der Waals surface area contributed by atoms with E-state index in [1.807, 2.05) is 6.07 Å². The SMILES string of the molecule is C=CCc1cc(CN2C(=O)CCc3c2ccc(O)c3CC=C)cc(OC)c1O. The van der Waals surface area contributed by atoms with Gasteiger partial charge in [0.2, 0.25) is 5.91 Å². The third kappa shape index (κ3) is 3.60. The number of rotatable bonds is 7. The normalized spacial score (nSPS) is 13.2. The summed E-state index contributed by atoms with van der Waals surface area (Å²) in [6.45, 7) is 7.84. The van der Waals surface area contributed by atoms with Crippen LogP contribution in [0.4, 0.5) is 5.69 Å². The Labute approximate surface area is 165 Å². The van der Waals surface area contributed by atoms with Crippen LogP contribution in [0.25, 0.3) is 0 Å². The van der Waals surface area contributed by atoms with E-state index >= 15 is 0 Å². The number of phenolic OH excluding ortho intramolecular Hbond substituents is 2. The number of ether oxygens (including phenoxy) is 1. The number of nitrogens with zero attached hydrogens (tertiary/aromatic N) is 1. The fraction of sp³-hybridized carbons (Fsp3) is 0.261. The first-order chi connectivity index (χ1) is 13.5. The average molecular weight is 379 g/mol. The highest BCUT2D eigenvalue weighted by Crippen LogP contribution is 2.38. The molecule has 2 aromatic carbocycles. The Kier molecular flexibility index (Phi) is 5.73. The number of phenols is 2. The molecule has 1 heterocycles. The summed E-state index contributed by atoms with van der Waals surface area (Å²) in [7, 11) is 1.50. The topological polar surface area (TPSA) is 70.0 Å². The van der Waals surface area contributed by atoms with Crippen molar-refractivity contribution in [2.45, 2.75) is 32.2 Å². The van der Waals surface area contributed by atoms with E-state index < -0.39 is 0 Å². The second-order valence-electron chi connectivity index (χ2n) is 6.83. The van der Waals surface area contributed by atoms with E-state index in [1.165, 1.54) is 7.11 Å². The van der Waals surface area contributed by atoms with Gasteiger partial charge in [-0.15, -0.1) is 13.2 Å². The Morgan fingerprint density at radius 2 is 1.89 bits per heavy atom. The van der Waals surface area contributed by atoms with Crippen molar-refractivity contribution in [2.75, 3.05) is 12.0 Å². The van der Waals surface area contributed by atoms with Crippen LogP contribution in [0.2, 0.25) is 0 Å². The lowest BCUT2D eigenvalue weighted by Crippen LogP contribution is -2.35. The molecule has 0 unspecified atom stereocenters. The predicted octanol–water partition coefficient (Wildman–Crippen LogP) is 4.04. The number of allylic oxidation sites excluding steroid dienone is 2. The number of methoxy groups -OCH3 is 1. The van der Waals surface area contributed by atoms with Gasteiger partial charge >= 0.3 is 0 Å². The Morgan fingerprint density at radius 1 is 1.14 bits per heavy atom. The van der Waals surface area contributed by atoms with E-state index in [-0.39, 0.29) is 17.4 Å². The van der Waals surface area contributed by atoms with Crippen LogP contribution in [0.5, 0.6) is 17.2 Å². The number of benzene rings is 2. The van der Waals surface area contributed by atoms with Crippen molar-refractivity contribution < 1.29 is 19.7 Å². The lowest BCUT2D eigenvalue weighted by atomic mass is 9.93. The van der Waals surface area contributed by atoms with Crippen LogP contribution >= 0.6 is 0 Å². The Balaban J connectivity index is 2.03. The minimum Gasteiger partial charge on any atom is -0.508 e. The number of carbonyl (C=O) groups is 1. The van der Waals surface area contributed by atoms with Crippen LogP contribution in [0.15, 0.2) is 49.6 Å². The van der Waals surface area contributed by atoms with Gasteiger partial charge in [-0.2, -0.15) is 0 Å². The van der Waals surface area contributed by atoms with Crippen molar-refractivity contribution in [3.05, 3.63) is 71.8 Å². The predicted molar refractivity (Wildman–Crippen MR) is 110 cm³/mol. The molecule has 5 nitrogen and oxygen atoms in total. The fourth-order valence-corrected chi connectivity index (χ4v) is 3.72. The first kappa shape index (κ1) is 19.5. The molecule has 2 N–H and O–H groups in total. The maximum absolute atomic E-state index is 12.7. The number of hydrogen-bond donors (Lipinski definition) is 2. The summed E-state index contributed by atoms with van der Waals surface area (Å²) in [4.78, 5) is 14.4. The second kappa shape index (κ2) is 8.21. The van der Waals surface area contributed by atoms with E-state index in [4.69, 9.17) is 4.74 Å². The van der Waals surface area contributed by atoms with E-state index in [1.54, 1.807) is 35.3 Å². The number of carbonyl (C=O) groups excluding carboxylic acids is 1. The van der Waals surface area contributed by atoms with Gasteiger partial charge in [0.1, 0.15) is 5.75 Å². The fourth-order valence-electron chi connectivity index (χ4n) is 3.72. The molecule has 1 aliphatic rings. The number of amides is 1. The quantitative estimate of drug-likeness (QED) is 0.712. The molecule has 5 heteroatoms. The van der Waals surface area contributed by atoms with Gasteiger partial charge in [0.05, 0.1) is 13.7 Å². The first-order valence-corrected chi connectivity index (χ1v) is 9.24. The van der Waals surface area contributed by atoms with Gasteiger partial charge in [-0.05, 0) is 54.7 Å². The molecule has 1 aliphatic heterocycles. The zero-order chi connectivity index (χ0) is 20.3. The van der Waals surface area contributed by atoms with Crippen LogP contribution < -0.4 is 9.64 Å². The molecule has 146 valence electrons. The average Bonchev–Trinajstić information content (AvgIpc) is 2.68. The van der Waals surface area contributed by atoms with Crippen molar-refractivity contribution in [3.63, 3.8) is 0 Å². The van der Waals surface area contributed by atoms with Gasteiger partial charge in [-0.25, -0.2) is 0 Å². The standard InChI is InChI=1S/C23H25NO4/c1-4-6-16-12-15(13-21(28-3)23(16)27)14-24-19-9-10-20(25)18(7-5-2)17(19)8-11-22(24)26/h4-5,9-10,12-13,25,27H,1-2,6-8,11,14H2,3H3. The van der Waals surface area contributed by atoms with Gasteiger partial charge in [0, 0.05) is 23.2 Å². The van der Waals surface area contributed by atoms with Crippen molar-refractivity contribution in [3.8, 4) is 17.2 Å². The van der Waals surface area contributed by atoms with Gasteiger partial charge < -0.3 is 19.8 Å². The monoisotopic (exact) mass is 379 g/mol. The third-order valence-electron chi connectivity index (χ3n) is 5.05. The van der Waals surface area contributed by atoms with Crippen LogP contribution in [0, 0.1) is 0 Å². The molecule has 0 bridgehead atoms. The van der Waals surface area contributed by atoms with E-state index in [2.05, 4.69) is 13.2 Å². The molecule has 28 heavy (non-hydrogen) atoms. The molecule has 0 atom stereocenters. The first-order valence-electron chi connectivity index (χ1n) is 9.24. The molecule has 0 saturated heterocycles. The van der Waals surface area contributed by atoms with Crippen molar-refractivity contribution in [1.82, 2.24) is 0 Å². The summed E-state index contributed by atoms with van der Waals surface area (Å²) < 4.78 is 5.29. The molecule has 0 radical (unpaired) electrons.